The second-order valence-electron chi connectivity index (χ2n) is 4.22. The number of nitrogens with one attached hydrogen (secondary N) is 1. The summed E-state index contributed by atoms with van der Waals surface area (Å²) in [5.74, 6) is 0.0246. The fraction of sp³-hybridized carbons (Fsp3) is 0.0769. The number of benzene rings is 1. The number of hydrogen-bond donors (Lipinski definition) is 3. The Morgan fingerprint density at radius 2 is 2.11 bits per heavy atom. The van der Waals surface area contributed by atoms with Crippen LogP contribution >= 0.6 is 11.3 Å². The molecule has 3 aromatic rings. The minimum Gasteiger partial charge on any atom is -0.370 e. The summed E-state index contributed by atoms with van der Waals surface area (Å²) >= 11 is 1.42. The third-order valence-electron chi connectivity index (χ3n) is 2.87. The molecule has 1 aromatic carbocycles. The van der Waals surface area contributed by atoms with E-state index in [-0.39, 0.29) is 5.96 Å². The van der Waals surface area contributed by atoms with Gasteiger partial charge in [-0.3, -0.25) is 0 Å². The van der Waals surface area contributed by atoms with Gasteiger partial charge in [-0.05, 0) is 13.0 Å². The molecule has 0 unspecified atom stereocenters. The summed E-state index contributed by atoms with van der Waals surface area (Å²) in [5.41, 5.74) is 14.9. The number of nitrogens with zero attached hydrogens (tertiary/aromatic N) is 2. The van der Waals surface area contributed by atoms with E-state index in [0.717, 1.165) is 27.9 Å². The third kappa shape index (κ3) is 2.06. The van der Waals surface area contributed by atoms with Crippen molar-refractivity contribution in [3.63, 3.8) is 0 Å². The Morgan fingerprint density at radius 3 is 2.89 bits per heavy atom. The summed E-state index contributed by atoms with van der Waals surface area (Å²) in [5, 5.41) is 3.69. The van der Waals surface area contributed by atoms with Crippen LogP contribution in [0.25, 0.3) is 22.2 Å². The minimum absolute atomic E-state index is 0.0246. The van der Waals surface area contributed by atoms with Crippen LogP contribution in [0.5, 0.6) is 0 Å². The number of para-hydroxylation sites is 1. The number of aliphatic imine (C=N–C) groups is 1. The molecular formula is C13H13N5S. The van der Waals surface area contributed by atoms with Crippen LogP contribution in [0.1, 0.15) is 5.69 Å². The number of aryl methyl sites for hydroxylation is 1. The first kappa shape index (κ1) is 11.7. The molecule has 0 aliphatic heterocycles. The predicted octanol–water partition coefficient (Wildman–Crippen LogP) is 2.50. The molecule has 0 saturated heterocycles. The summed E-state index contributed by atoms with van der Waals surface area (Å²) in [6.45, 7) is 2.04. The summed E-state index contributed by atoms with van der Waals surface area (Å²) < 4.78 is 0. The Morgan fingerprint density at radius 1 is 1.32 bits per heavy atom. The van der Waals surface area contributed by atoms with Crippen molar-refractivity contribution in [2.24, 2.45) is 16.5 Å². The molecule has 2 aromatic heterocycles. The monoisotopic (exact) mass is 271 g/mol. The van der Waals surface area contributed by atoms with Crippen molar-refractivity contribution in [3.05, 3.63) is 35.3 Å². The average molecular weight is 271 g/mol. The largest absolute Gasteiger partial charge is 0.370 e. The van der Waals surface area contributed by atoms with E-state index in [1.165, 1.54) is 11.3 Å². The van der Waals surface area contributed by atoms with Crippen LogP contribution in [0.2, 0.25) is 0 Å². The Kier molecular flexibility index (Phi) is 2.72. The highest BCUT2D eigenvalue weighted by atomic mass is 32.1. The van der Waals surface area contributed by atoms with Gasteiger partial charge in [-0.1, -0.05) is 18.2 Å². The number of fused-ring (bicyclic) bond motifs is 1. The maximum absolute atomic E-state index is 5.36. The highest BCUT2D eigenvalue weighted by Gasteiger charge is 2.13. The van der Waals surface area contributed by atoms with Gasteiger partial charge < -0.3 is 16.5 Å². The standard InChI is InChI=1S/C13H13N5S/c1-7-11(8-4-2-3-5-9(8)16-7)10-6-19-13(17-10)18-12(14)15/h2-6,16H,1H3,(H4,14,15,17,18). The number of thiazole rings is 1. The van der Waals surface area contributed by atoms with Crippen molar-refractivity contribution in [3.8, 4) is 11.3 Å². The fourth-order valence-corrected chi connectivity index (χ4v) is 2.84. The van der Waals surface area contributed by atoms with Gasteiger partial charge >= 0.3 is 0 Å². The van der Waals surface area contributed by atoms with Gasteiger partial charge in [0.15, 0.2) is 5.96 Å². The average Bonchev–Trinajstić information content (AvgIpc) is 2.91. The molecule has 5 N–H and O–H groups in total. The van der Waals surface area contributed by atoms with Crippen LogP contribution in [-0.4, -0.2) is 15.9 Å². The van der Waals surface area contributed by atoms with E-state index in [4.69, 9.17) is 11.5 Å². The lowest BCUT2D eigenvalue weighted by Crippen LogP contribution is -2.21. The Bertz CT molecular complexity index is 764. The van der Waals surface area contributed by atoms with Crippen molar-refractivity contribution >= 4 is 33.3 Å². The zero-order valence-corrected chi connectivity index (χ0v) is 11.2. The smallest absolute Gasteiger partial charge is 0.212 e. The summed E-state index contributed by atoms with van der Waals surface area (Å²) in [7, 11) is 0. The SMILES string of the molecule is Cc1[nH]c2ccccc2c1-c1csc(N=C(N)N)n1. The first-order chi connectivity index (χ1) is 9.15. The van der Waals surface area contributed by atoms with Crippen molar-refractivity contribution in [2.45, 2.75) is 6.92 Å². The molecule has 0 bridgehead atoms. The Hall–Kier alpha value is -2.34. The van der Waals surface area contributed by atoms with Crippen LogP contribution in [0.15, 0.2) is 34.6 Å². The molecule has 0 saturated carbocycles. The molecule has 0 spiro atoms. The van der Waals surface area contributed by atoms with Crippen LogP contribution in [0, 0.1) is 6.92 Å². The van der Waals surface area contributed by atoms with Gasteiger partial charge in [-0.15, -0.1) is 11.3 Å². The van der Waals surface area contributed by atoms with Crippen LogP contribution < -0.4 is 11.5 Å². The Labute approximate surface area is 114 Å². The maximum atomic E-state index is 5.36. The third-order valence-corrected chi connectivity index (χ3v) is 3.60. The molecule has 0 aliphatic carbocycles. The highest BCUT2D eigenvalue weighted by molar-refractivity contribution is 7.13. The molecule has 6 heteroatoms. The number of aromatic amines is 1. The lowest BCUT2D eigenvalue weighted by Gasteiger charge is -1.95. The lowest BCUT2D eigenvalue weighted by atomic mass is 10.1. The first-order valence-electron chi connectivity index (χ1n) is 5.78. The van der Waals surface area contributed by atoms with E-state index in [1.54, 1.807) is 0 Å². The van der Waals surface area contributed by atoms with E-state index in [1.807, 2.05) is 24.4 Å². The second-order valence-corrected chi connectivity index (χ2v) is 5.06. The topological polar surface area (TPSA) is 93.1 Å². The zero-order valence-electron chi connectivity index (χ0n) is 10.3. The van der Waals surface area contributed by atoms with E-state index in [9.17, 15) is 0 Å². The van der Waals surface area contributed by atoms with Gasteiger partial charge in [0.2, 0.25) is 5.13 Å². The van der Waals surface area contributed by atoms with Gasteiger partial charge in [-0.2, -0.15) is 4.99 Å². The first-order valence-corrected chi connectivity index (χ1v) is 6.66. The number of hydrogen-bond acceptors (Lipinski definition) is 3. The molecule has 0 fully saturated rings. The number of aromatic nitrogens is 2. The molecular weight excluding hydrogens is 258 g/mol. The molecule has 3 rings (SSSR count). The molecule has 0 atom stereocenters. The molecule has 0 aliphatic rings. The normalized spacial score (nSPS) is 10.8. The summed E-state index contributed by atoms with van der Waals surface area (Å²) in [4.78, 5) is 11.8. The van der Waals surface area contributed by atoms with E-state index in [2.05, 4.69) is 27.1 Å². The molecule has 0 amide bonds. The second kappa shape index (κ2) is 4.40. The summed E-state index contributed by atoms with van der Waals surface area (Å²) in [6, 6.07) is 8.15. The van der Waals surface area contributed by atoms with Gasteiger partial charge in [0.25, 0.3) is 0 Å². The number of guanidine groups is 1. The lowest BCUT2D eigenvalue weighted by molar-refractivity contribution is 1.28. The highest BCUT2D eigenvalue weighted by Crippen LogP contribution is 2.34. The molecule has 0 radical (unpaired) electrons. The predicted molar refractivity (Wildman–Crippen MR) is 79.6 cm³/mol. The van der Waals surface area contributed by atoms with E-state index in [0.29, 0.717) is 5.13 Å². The fourth-order valence-electron chi connectivity index (χ4n) is 2.15. The number of H-pyrrole nitrogens is 1. The summed E-state index contributed by atoms with van der Waals surface area (Å²) in [6.07, 6.45) is 0. The maximum Gasteiger partial charge on any atom is 0.212 e. The van der Waals surface area contributed by atoms with Crippen LogP contribution in [0.3, 0.4) is 0 Å². The number of nitrogens with two attached hydrogens (primary N) is 2. The van der Waals surface area contributed by atoms with Crippen LogP contribution in [-0.2, 0) is 0 Å². The van der Waals surface area contributed by atoms with Crippen LogP contribution in [0.4, 0.5) is 5.13 Å². The minimum atomic E-state index is 0.0246. The van der Waals surface area contributed by atoms with Gasteiger partial charge in [0.1, 0.15) is 0 Å². The molecule has 96 valence electrons. The molecule has 2 heterocycles. The van der Waals surface area contributed by atoms with Gasteiger partial charge in [-0.25, -0.2) is 4.98 Å². The van der Waals surface area contributed by atoms with E-state index >= 15 is 0 Å². The number of rotatable bonds is 2. The van der Waals surface area contributed by atoms with Crippen molar-refractivity contribution in [2.75, 3.05) is 0 Å². The quantitative estimate of drug-likeness (QED) is 0.494. The zero-order chi connectivity index (χ0) is 13.4. The van der Waals surface area contributed by atoms with Crippen molar-refractivity contribution in [1.82, 2.24) is 9.97 Å². The molecule has 5 nitrogen and oxygen atoms in total. The van der Waals surface area contributed by atoms with E-state index < -0.39 is 0 Å². The van der Waals surface area contributed by atoms with Gasteiger partial charge in [0, 0.05) is 27.5 Å². The van der Waals surface area contributed by atoms with Crippen molar-refractivity contribution < 1.29 is 0 Å². The Balaban J connectivity index is 2.16. The van der Waals surface area contributed by atoms with Gasteiger partial charge in [0.05, 0.1) is 5.69 Å². The van der Waals surface area contributed by atoms with Crippen molar-refractivity contribution in [1.29, 1.82) is 0 Å². The molecule has 19 heavy (non-hydrogen) atoms.